The van der Waals surface area contributed by atoms with Gasteiger partial charge in [0.05, 0.1) is 25.7 Å². The van der Waals surface area contributed by atoms with Gasteiger partial charge in [0, 0.05) is 52.0 Å². The van der Waals surface area contributed by atoms with Gasteiger partial charge in [-0.05, 0) is 48.4 Å². The second kappa shape index (κ2) is 14.8. The number of aromatic amines is 1. The lowest BCUT2D eigenvalue weighted by Crippen LogP contribution is -2.57. The Kier molecular flexibility index (Phi) is 11.8. The first-order valence-corrected chi connectivity index (χ1v) is 12.8. The predicted octanol–water partition coefficient (Wildman–Crippen LogP) is 2.44. The van der Waals surface area contributed by atoms with Gasteiger partial charge >= 0.3 is 5.69 Å². The Morgan fingerprint density at radius 2 is 2.06 bits per heavy atom. The summed E-state index contributed by atoms with van der Waals surface area (Å²) in [7, 11) is -0.210. The second-order valence-corrected chi connectivity index (χ2v) is 10.6. The summed E-state index contributed by atoms with van der Waals surface area (Å²) in [5.74, 6) is 0. The lowest BCUT2D eigenvalue weighted by atomic mass is 10.0. The molecule has 35 heavy (non-hydrogen) atoms. The molecular weight excluding hydrogens is 473 g/mol. The summed E-state index contributed by atoms with van der Waals surface area (Å²) < 4.78 is 36.2. The highest BCUT2D eigenvalue weighted by Crippen LogP contribution is 2.47. The first kappa shape index (κ1) is 27.9. The summed E-state index contributed by atoms with van der Waals surface area (Å²) >= 11 is 0. The van der Waals surface area contributed by atoms with E-state index >= 15 is 0 Å². The average molecular weight is 519 g/mol. The molecule has 0 radical (unpaired) electrons. The van der Waals surface area contributed by atoms with E-state index in [1.54, 1.807) is 0 Å². The number of hydrogen-bond donors (Lipinski definition) is 2. The Bertz CT molecular complexity index is 949. The van der Waals surface area contributed by atoms with Crippen LogP contribution in [0.4, 0.5) is 0 Å². The van der Waals surface area contributed by atoms with E-state index in [-0.39, 0.29) is 44.7 Å². The minimum atomic E-state index is -1.50. The maximum absolute atomic E-state index is 12.4. The molecule has 0 aliphatic carbocycles. The van der Waals surface area contributed by atoms with E-state index in [2.05, 4.69) is 53.4 Å². The standard InChI is InChI=1S/C22H38N5O5P.CH4O/c1-16(2)25-13-20(26-11-9-19(28)24-21(26)29)32-22(7,14-25)15-31-33(30-12-8-10-23)27(17(3)4)18(5)6;1-2/h9,11,16-18,20H,8,12-15H2,1-7H3,(H,24,28,29);2H,1H3/t20-,22+,33?;/m1./s1/i7D;2T. The van der Waals surface area contributed by atoms with E-state index in [1.165, 1.54) is 23.9 Å². The number of aliphatic hydroxyl groups excluding tert-OH is 1. The van der Waals surface area contributed by atoms with Gasteiger partial charge in [-0.3, -0.25) is 19.2 Å². The molecule has 1 aromatic rings. The Morgan fingerprint density at radius 1 is 1.40 bits per heavy atom. The van der Waals surface area contributed by atoms with Crippen LogP contribution < -0.4 is 11.2 Å². The van der Waals surface area contributed by atoms with Gasteiger partial charge in [-0.15, -0.1) is 0 Å². The van der Waals surface area contributed by atoms with Crippen molar-refractivity contribution in [1.82, 2.24) is 19.1 Å². The number of rotatable bonds is 11. The summed E-state index contributed by atoms with van der Waals surface area (Å²) in [6, 6.07) is 3.81. The molecule has 1 fully saturated rings. The molecule has 2 heterocycles. The summed E-state index contributed by atoms with van der Waals surface area (Å²) in [5.41, 5.74) is -2.05. The number of aliphatic hydroxyl groups is 1. The van der Waals surface area contributed by atoms with Crippen molar-refractivity contribution in [2.75, 3.05) is 33.4 Å². The maximum atomic E-state index is 12.4. The highest BCUT2D eigenvalue weighted by molar-refractivity contribution is 7.44. The van der Waals surface area contributed by atoms with Crippen LogP contribution in [0.1, 0.15) is 62.5 Å². The number of aromatic nitrogens is 2. The van der Waals surface area contributed by atoms with Crippen molar-refractivity contribution in [1.29, 1.82) is 6.69 Å². The fourth-order valence-corrected chi connectivity index (χ4v) is 5.45. The topological polar surface area (TPSA) is 133 Å². The van der Waals surface area contributed by atoms with Crippen molar-refractivity contribution >= 4 is 8.53 Å². The molecule has 1 unspecified atom stereocenters. The Morgan fingerprint density at radius 3 is 2.57 bits per heavy atom. The van der Waals surface area contributed by atoms with Crippen molar-refractivity contribution in [3.63, 3.8) is 0 Å². The number of H-pyrrole nitrogens is 1. The molecule has 1 aliphatic rings. The first-order chi connectivity index (χ1) is 17.4. The van der Waals surface area contributed by atoms with Gasteiger partial charge in [-0.2, -0.15) is 5.26 Å². The van der Waals surface area contributed by atoms with Gasteiger partial charge in [-0.1, -0.05) is 0 Å². The van der Waals surface area contributed by atoms with Gasteiger partial charge in [0.15, 0.2) is 6.23 Å². The third kappa shape index (κ3) is 9.39. The Hall–Kier alpha value is -1.64. The van der Waals surface area contributed by atoms with Crippen LogP contribution in [0.15, 0.2) is 21.9 Å². The third-order valence-corrected chi connectivity index (χ3v) is 7.31. The molecule has 3 atom stereocenters. The summed E-state index contributed by atoms with van der Waals surface area (Å²) in [6.07, 6.45) is 0.985. The van der Waals surface area contributed by atoms with Gasteiger partial charge in [0.2, 0.25) is 1.43 Å². The van der Waals surface area contributed by atoms with Crippen molar-refractivity contribution in [2.45, 2.75) is 84.8 Å². The Labute approximate surface area is 212 Å². The minimum Gasteiger partial charge on any atom is -0.400 e. The van der Waals surface area contributed by atoms with Crippen molar-refractivity contribution in [3.8, 4) is 6.07 Å². The molecule has 2 N–H and O–H groups in total. The molecule has 0 aromatic carbocycles. The Balaban J connectivity index is 0.00000217. The summed E-state index contributed by atoms with van der Waals surface area (Å²) in [5, 5.41) is 12.4. The van der Waals surface area contributed by atoms with Crippen molar-refractivity contribution < 1.29 is 20.3 Å². The van der Waals surface area contributed by atoms with E-state index in [1.807, 2.05) is 13.8 Å². The van der Waals surface area contributed by atoms with Crippen LogP contribution in [-0.4, -0.2) is 82.8 Å². The number of hydrogen-bond acceptors (Lipinski definition) is 9. The largest absolute Gasteiger partial charge is 0.400 e. The number of nitriles is 1. The molecule has 0 spiro atoms. The SMILES string of the molecule is [2H]C[C@@]1(COP(OCCC#N)N(C(C)C)C(C)C)CN(C(C)C)C[C@H](n2ccc(=O)[nH]c2=O)O1.[3H]OC. The summed E-state index contributed by atoms with van der Waals surface area (Å²) in [6.45, 7) is 13.5. The second-order valence-electron chi connectivity index (χ2n) is 9.12. The first-order valence-electron chi connectivity index (χ1n) is 12.8. The average Bonchev–Trinajstić information content (AvgIpc) is 2.82. The highest BCUT2D eigenvalue weighted by atomic mass is 31.2. The monoisotopic (exact) mass is 518 g/mol. The molecule has 1 aliphatic heterocycles. The van der Waals surface area contributed by atoms with Crippen LogP contribution in [0.2, 0.25) is 0 Å². The van der Waals surface area contributed by atoms with E-state index in [0.29, 0.717) is 13.1 Å². The zero-order valence-corrected chi connectivity index (χ0v) is 22.8. The number of ether oxygens (including phenoxy) is 1. The van der Waals surface area contributed by atoms with Crippen LogP contribution in [-0.2, 0) is 13.8 Å². The molecule has 12 heteroatoms. The highest BCUT2D eigenvalue weighted by Gasteiger charge is 2.41. The molecule has 11 nitrogen and oxygen atoms in total. The molecule has 2 rings (SSSR count). The van der Waals surface area contributed by atoms with Gasteiger partial charge < -0.3 is 18.9 Å². The number of nitrogens with zero attached hydrogens (tertiary/aromatic N) is 4. The fourth-order valence-electron chi connectivity index (χ4n) is 3.76. The molecule has 1 saturated heterocycles. The minimum absolute atomic E-state index is 0.0858. The van der Waals surface area contributed by atoms with Crippen molar-refractivity contribution in [2.24, 2.45) is 0 Å². The van der Waals surface area contributed by atoms with Gasteiger partial charge in [0.25, 0.3) is 14.1 Å². The van der Waals surface area contributed by atoms with Crippen LogP contribution >= 0.6 is 8.53 Å². The maximum Gasteiger partial charge on any atom is 0.330 e. The zero-order chi connectivity index (χ0) is 28.2. The normalized spacial score (nSPS) is 22.5. The molecular formula is C23H42N5O6P. The van der Waals surface area contributed by atoms with E-state index in [4.69, 9.17) is 21.8 Å². The van der Waals surface area contributed by atoms with E-state index in [9.17, 15) is 9.59 Å². The predicted molar refractivity (Wildman–Crippen MR) is 136 cm³/mol. The van der Waals surface area contributed by atoms with Crippen molar-refractivity contribution in [3.05, 3.63) is 33.1 Å². The smallest absolute Gasteiger partial charge is 0.330 e. The fraction of sp³-hybridized carbons (Fsp3) is 0.783. The molecule has 0 saturated carbocycles. The molecule has 0 bridgehead atoms. The van der Waals surface area contributed by atoms with E-state index in [0.717, 1.165) is 0 Å². The van der Waals surface area contributed by atoms with Crippen LogP contribution in [0.3, 0.4) is 0 Å². The summed E-state index contributed by atoms with van der Waals surface area (Å²) in [4.78, 5) is 28.4. The quantitative estimate of drug-likeness (QED) is 0.335. The molecule has 1 aromatic heterocycles. The van der Waals surface area contributed by atoms with Gasteiger partial charge in [-0.25, -0.2) is 9.46 Å². The molecule has 0 amide bonds. The van der Waals surface area contributed by atoms with Crippen LogP contribution in [0, 0.1) is 11.3 Å². The van der Waals surface area contributed by atoms with Gasteiger partial charge in [0.1, 0.15) is 5.60 Å². The van der Waals surface area contributed by atoms with E-state index < -0.39 is 31.6 Å². The lowest BCUT2D eigenvalue weighted by molar-refractivity contribution is -0.194. The lowest BCUT2D eigenvalue weighted by Gasteiger charge is -2.46. The number of nitrogens with one attached hydrogen (secondary N) is 1. The third-order valence-electron chi connectivity index (χ3n) is 5.26. The van der Waals surface area contributed by atoms with Crippen LogP contribution in [0.5, 0.6) is 0 Å². The van der Waals surface area contributed by atoms with Crippen LogP contribution in [0.25, 0.3) is 0 Å². The molecule has 200 valence electrons. The zero-order valence-electron chi connectivity index (χ0n) is 23.9. The number of morpholine rings is 1.